The topological polar surface area (TPSA) is 68.7 Å². The molecule has 22 heavy (non-hydrogen) atoms. The molecule has 0 unspecified atom stereocenters. The Labute approximate surface area is 133 Å². The minimum Gasteiger partial charge on any atom is -0.487 e. The molecule has 1 N–H and O–H groups in total. The van der Waals surface area contributed by atoms with Crippen LogP contribution in [0.5, 0.6) is 5.75 Å². The van der Waals surface area contributed by atoms with Gasteiger partial charge in [-0.1, -0.05) is 12.1 Å². The van der Waals surface area contributed by atoms with E-state index in [-0.39, 0.29) is 11.5 Å². The van der Waals surface area contributed by atoms with Crippen LogP contribution in [0, 0.1) is 13.8 Å². The number of methoxy groups -OCH3 is 1. The van der Waals surface area contributed by atoms with Crippen LogP contribution in [0.25, 0.3) is 0 Å². The Morgan fingerprint density at radius 3 is 2.82 bits per heavy atom. The van der Waals surface area contributed by atoms with E-state index in [4.69, 9.17) is 9.47 Å². The summed E-state index contributed by atoms with van der Waals surface area (Å²) in [5, 5.41) is 10.0. The van der Waals surface area contributed by atoms with Crippen molar-refractivity contribution in [3.8, 4) is 5.75 Å². The summed E-state index contributed by atoms with van der Waals surface area (Å²) in [6.45, 7) is 4.61. The van der Waals surface area contributed by atoms with Gasteiger partial charge in [0.25, 0.3) is 0 Å². The maximum Gasteiger partial charge on any atom is 0.347 e. The minimum atomic E-state index is -0.972. The van der Waals surface area contributed by atoms with Gasteiger partial charge in [-0.05, 0) is 31.0 Å². The highest BCUT2D eigenvalue weighted by atomic mass is 32.1. The summed E-state index contributed by atoms with van der Waals surface area (Å²) in [6.07, 6.45) is 0.602. The molecule has 0 saturated heterocycles. The first kappa shape index (κ1) is 16.5. The number of carboxylic acids is 1. The molecular formula is C16H19NO4S. The van der Waals surface area contributed by atoms with Crippen molar-refractivity contribution >= 4 is 17.3 Å². The van der Waals surface area contributed by atoms with Crippen LogP contribution in [-0.2, 0) is 17.8 Å². The lowest BCUT2D eigenvalue weighted by molar-refractivity contribution is 0.0699. The van der Waals surface area contributed by atoms with Gasteiger partial charge in [-0.2, -0.15) is 0 Å². The summed E-state index contributed by atoms with van der Waals surface area (Å²) in [6, 6.07) is 5.93. The van der Waals surface area contributed by atoms with Gasteiger partial charge in [-0.25, -0.2) is 9.78 Å². The van der Waals surface area contributed by atoms with Gasteiger partial charge >= 0.3 is 5.97 Å². The third-order valence-electron chi connectivity index (χ3n) is 3.16. The average Bonchev–Trinajstić information content (AvgIpc) is 2.89. The Bertz CT molecular complexity index is 666. The third kappa shape index (κ3) is 4.05. The Hall–Kier alpha value is -1.92. The van der Waals surface area contributed by atoms with Crippen LogP contribution in [0.4, 0.5) is 0 Å². The molecule has 0 aliphatic rings. The number of aromatic carboxylic acids is 1. The molecule has 0 bridgehead atoms. The lowest BCUT2D eigenvalue weighted by Gasteiger charge is -2.09. The molecule has 0 fully saturated rings. The first-order chi connectivity index (χ1) is 10.5. The van der Waals surface area contributed by atoms with Gasteiger partial charge in [0.2, 0.25) is 0 Å². The monoisotopic (exact) mass is 321 g/mol. The van der Waals surface area contributed by atoms with Crippen molar-refractivity contribution in [1.29, 1.82) is 0 Å². The zero-order valence-corrected chi connectivity index (χ0v) is 13.7. The number of ether oxygens (including phenoxy) is 2. The number of hydrogen-bond acceptors (Lipinski definition) is 5. The smallest absolute Gasteiger partial charge is 0.347 e. The van der Waals surface area contributed by atoms with Crippen LogP contribution in [0.2, 0.25) is 0 Å². The number of benzene rings is 1. The van der Waals surface area contributed by atoms with Crippen molar-refractivity contribution in [1.82, 2.24) is 4.98 Å². The van der Waals surface area contributed by atoms with Gasteiger partial charge in [0.1, 0.15) is 22.9 Å². The normalized spacial score (nSPS) is 10.7. The predicted octanol–water partition coefficient (Wildman–Crippen LogP) is 3.23. The maximum absolute atomic E-state index is 11.3. The fourth-order valence-corrected chi connectivity index (χ4v) is 2.86. The number of thiazole rings is 1. The van der Waals surface area contributed by atoms with E-state index in [0.717, 1.165) is 21.9 Å². The van der Waals surface area contributed by atoms with E-state index in [1.165, 1.54) is 11.3 Å². The van der Waals surface area contributed by atoms with Crippen LogP contribution in [0.3, 0.4) is 0 Å². The number of hydrogen-bond donors (Lipinski definition) is 1. The highest BCUT2D eigenvalue weighted by Crippen LogP contribution is 2.24. The highest BCUT2D eigenvalue weighted by molar-refractivity contribution is 7.13. The lowest BCUT2D eigenvalue weighted by Crippen LogP contribution is -2.04. The van der Waals surface area contributed by atoms with Crippen LogP contribution < -0.4 is 4.74 Å². The lowest BCUT2D eigenvalue weighted by atomic mass is 10.1. The Morgan fingerprint density at radius 2 is 2.14 bits per heavy atom. The molecule has 0 saturated carbocycles. The predicted molar refractivity (Wildman–Crippen MR) is 84.9 cm³/mol. The molecule has 0 aliphatic carbocycles. The summed E-state index contributed by atoms with van der Waals surface area (Å²) in [5.41, 5.74) is 2.57. The van der Waals surface area contributed by atoms with Crippen molar-refractivity contribution in [2.24, 2.45) is 0 Å². The Kier molecular flexibility index (Phi) is 5.51. The first-order valence-corrected chi connectivity index (χ1v) is 7.73. The summed E-state index contributed by atoms with van der Waals surface area (Å²) in [5.74, 6) is -0.219. The number of aromatic nitrogens is 1. The molecule has 0 radical (unpaired) electrons. The molecule has 1 aromatic carbocycles. The number of aryl methyl sites for hydroxylation is 2. The molecule has 0 aliphatic heterocycles. The highest BCUT2D eigenvalue weighted by Gasteiger charge is 2.18. The molecule has 2 aromatic rings. The van der Waals surface area contributed by atoms with Crippen molar-refractivity contribution in [3.63, 3.8) is 0 Å². The summed E-state index contributed by atoms with van der Waals surface area (Å²) in [7, 11) is 1.61. The van der Waals surface area contributed by atoms with Gasteiger partial charge in [0.05, 0.1) is 11.6 Å². The maximum atomic E-state index is 11.3. The Morgan fingerprint density at radius 1 is 1.36 bits per heavy atom. The van der Waals surface area contributed by atoms with Crippen LogP contribution >= 0.6 is 11.3 Å². The fraction of sp³-hybridized carbons (Fsp3) is 0.375. The van der Waals surface area contributed by atoms with Gasteiger partial charge < -0.3 is 14.6 Å². The minimum absolute atomic E-state index is 0.148. The van der Waals surface area contributed by atoms with Crippen molar-refractivity contribution in [2.45, 2.75) is 26.9 Å². The van der Waals surface area contributed by atoms with Crippen LogP contribution in [0.1, 0.15) is 31.5 Å². The van der Waals surface area contributed by atoms with E-state index in [2.05, 4.69) is 4.98 Å². The van der Waals surface area contributed by atoms with E-state index >= 15 is 0 Å². The fourth-order valence-electron chi connectivity index (χ4n) is 1.97. The third-order valence-corrected chi connectivity index (χ3v) is 4.31. The second-order valence-electron chi connectivity index (χ2n) is 4.99. The molecule has 0 amide bonds. The second-order valence-corrected chi connectivity index (χ2v) is 6.07. The molecule has 2 rings (SSSR count). The quantitative estimate of drug-likeness (QED) is 0.848. The molecular weight excluding hydrogens is 302 g/mol. The number of nitrogens with zero attached hydrogens (tertiary/aromatic N) is 1. The van der Waals surface area contributed by atoms with Crippen molar-refractivity contribution in [2.75, 3.05) is 13.7 Å². The number of rotatable bonds is 7. The van der Waals surface area contributed by atoms with E-state index in [0.29, 0.717) is 18.7 Å². The zero-order chi connectivity index (χ0) is 16.1. The molecule has 1 heterocycles. The average molecular weight is 321 g/mol. The van der Waals surface area contributed by atoms with Crippen molar-refractivity contribution in [3.05, 3.63) is 44.9 Å². The van der Waals surface area contributed by atoms with E-state index in [1.54, 1.807) is 7.11 Å². The molecule has 0 atom stereocenters. The first-order valence-electron chi connectivity index (χ1n) is 6.92. The molecule has 118 valence electrons. The molecule has 6 heteroatoms. The van der Waals surface area contributed by atoms with Crippen LogP contribution in [0.15, 0.2) is 18.2 Å². The summed E-state index contributed by atoms with van der Waals surface area (Å²) >= 11 is 1.18. The SMILES string of the molecule is COCCc1nc(COc2cc(C)ccc2C)c(C(=O)O)s1. The zero-order valence-electron chi connectivity index (χ0n) is 12.9. The molecule has 5 nitrogen and oxygen atoms in total. The molecule has 0 spiro atoms. The van der Waals surface area contributed by atoms with E-state index < -0.39 is 5.97 Å². The van der Waals surface area contributed by atoms with Gasteiger partial charge in [-0.15, -0.1) is 11.3 Å². The standard InChI is InChI=1S/C16H19NO4S/c1-10-4-5-11(2)13(8-10)21-9-12-15(16(18)19)22-14(17-12)6-7-20-3/h4-5,8H,6-7,9H2,1-3H3,(H,18,19). The molecule has 1 aromatic heterocycles. The van der Waals surface area contributed by atoms with Gasteiger partial charge in [0.15, 0.2) is 0 Å². The van der Waals surface area contributed by atoms with E-state index in [9.17, 15) is 9.90 Å². The van der Waals surface area contributed by atoms with E-state index in [1.807, 2.05) is 32.0 Å². The summed E-state index contributed by atoms with van der Waals surface area (Å²) in [4.78, 5) is 15.9. The number of carbonyl (C=O) groups is 1. The van der Waals surface area contributed by atoms with Crippen molar-refractivity contribution < 1.29 is 19.4 Å². The second kappa shape index (κ2) is 7.38. The largest absolute Gasteiger partial charge is 0.487 e. The summed E-state index contributed by atoms with van der Waals surface area (Å²) < 4.78 is 10.8. The number of carboxylic acid groups (broad SMARTS) is 1. The Balaban J connectivity index is 2.15. The van der Waals surface area contributed by atoms with Gasteiger partial charge in [-0.3, -0.25) is 0 Å². The van der Waals surface area contributed by atoms with Gasteiger partial charge in [0, 0.05) is 13.5 Å². The van der Waals surface area contributed by atoms with Crippen LogP contribution in [-0.4, -0.2) is 29.8 Å².